The summed E-state index contributed by atoms with van der Waals surface area (Å²) in [5.74, 6) is 0.253. The summed E-state index contributed by atoms with van der Waals surface area (Å²) in [6, 6.07) is 7.92. The van der Waals surface area contributed by atoms with Gasteiger partial charge in [-0.05, 0) is 25.0 Å². The number of alkyl halides is 3. The molecular formula is C20H19F3N2O3. The van der Waals surface area contributed by atoms with Gasteiger partial charge in [-0.3, -0.25) is 4.79 Å². The van der Waals surface area contributed by atoms with Crippen LogP contribution in [0.2, 0.25) is 0 Å². The van der Waals surface area contributed by atoms with E-state index in [9.17, 15) is 18.0 Å². The molecule has 0 spiro atoms. The molecule has 1 aromatic carbocycles. The van der Waals surface area contributed by atoms with Gasteiger partial charge >= 0.3 is 6.36 Å². The van der Waals surface area contributed by atoms with Crippen LogP contribution in [0.15, 0.2) is 41.5 Å². The fourth-order valence-corrected chi connectivity index (χ4v) is 3.70. The number of nitrogens with zero attached hydrogens (tertiary/aromatic N) is 2. The molecule has 2 aromatic rings. The Morgan fingerprint density at radius 1 is 1.18 bits per heavy atom. The summed E-state index contributed by atoms with van der Waals surface area (Å²) in [7, 11) is 0. The molecule has 0 atom stereocenters. The number of carbonyl (C=O) groups excluding carboxylic acids is 1. The van der Waals surface area contributed by atoms with Gasteiger partial charge in [0, 0.05) is 43.1 Å². The second-order valence-corrected chi connectivity index (χ2v) is 6.91. The average molecular weight is 392 g/mol. The molecular weight excluding hydrogens is 373 g/mol. The van der Waals surface area contributed by atoms with E-state index in [1.165, 1.54) is 12.1 Å². The van der Waals surface area contributed by atoms with Crippen molar-refractivity contribution in [3.8, 4) is 5.75 Å². The first-order chi connectivity index (χ1) is 13.4. The molecule has 1 aromatic heterocycles. The van der Waals surface area contributed by atoms with E-state index >= 15 is 0 Å². The number of para-hydroxylation sites is 1. The predicted molar refractivity (Wildman–Crippen MR) is 96.4 cm³/mol. The highest BCUT2D eigenvalue weighted by Gasteiger charge is 2.32. The van der Waals surface area contributed by atoms with Crippen LogP contribution in [-0.4, -0.2) is 35.6 Å². The van der Waals surface area contributed by atoms with Gasteiger partial charge in [-0.1, -0.05) is 18.2 Å². The molecule has 148 valence electrons. The van der Waals surface area contributed by atoms with Crippen LogP contribution < -0.4 is 4.74 Å². The van der Waals surface area contributed by atoms with E-state index in [0.717, 1.165) is 12.8 Å². The summed E-state index contributed by atoms with van der Waals surface area (Å²) in [6.45, 7) is 1.31. The number of ketones is 1. The number of hydrogen-bond donors (Lipinski definition) is 0. The molecule has 5 nitrogen and oxygen atoms in total. The normalized spacial score (nSPS) is 18.0. The summed E-state index contributed by atoms with van der Waals surface area (Å²) < 4.78 is 49.5. The Kier molecular flexibility index (Phi) is 4.97. The Bertz CT molecular complexity index is 912. The number of halogens is 3. The zero-order chi connectivity index (χ0) is 19.7. The maximum absolute atomic E-state index is 12.7. The van der Waals surface area contributed by atoms with Gasteiger partial charge in [-0.25, -0.2) is 4.99 Å². The SMILES string of the molecule is O=C1CC(Cc2ccccc2OC(F)(F)F)=Nc2c1ccn2C1CCOCC1. The Morgan fingerprint density at radius 2 is 1.93 bits per heavy atom. The van der Waals surface area contributed by atoms with E-state index in [1.54, 1.807) is 18.2 Å². The molecule has 2 aliphatic rings. The lowest BCUT2D eigenvalue weighted by atomic mass is 9.98. The first-order valence-corrected chi connectivity index (χ1v) is 9.12. The Morgan fingerprint density at radius 3 is 2.68 bits per heavy atom. The minimum Gasteiger partial charge on any atom is -0.405 e. The Labute approximate surface area is 159 Å². The molecule has 0 N–H and O–H groups in total. The van der Waals surface area contributed by atoms with Crippen molar-refractivity contribution in [2.24, 2.45) is 4.99 Å². The number of Topliss-reactive ketones (excluding diaryl/α,β-unsaturated/α-hetero) is 1. The standard InChI is InChI=1S/C20H19F3N2O3/c21-20(22,23)28-18-4-2-1-3-13(18)11-14-12-17(26)16-5-8-25(19(16)24-14)15-6-9-27-10-7-15/h1-5,8,15H,6-7,9-12H2. The van der Waals surface area contributed by atoms with E-state index < -0.39 is 6.36 Å². The van der Waals surface area contributed by atoms with Crippen molar-refractivity contribution in [1.29, 1.82) is 0 Å². The van der Waals surface area contributed by atoms with E-state index in [2.05, 4.69) is 9.73 Å². The minimum atomic E-state index is -4.77. The highest BCUT2D eigenvalue weighted by atomic mass is 19.4. The molecule has 28 heavy (non-hydrogen) atoms. The molecule has 0 amide bonds. The first-order valence-electron chi connectivity index (χ1n) is 9.12. The number of rotatable bonds is 4. The zero-order valence-electron chi connectivity index (χ0n) is 15.0. The molecule has 0 bridgehead atoms. The van der Waals surface area contributed by atoms with Crippen molar-refractivity contribution >= 4 is 17.3 Å². The highest BCUT2D eigenvalue weighted by Crippen LogP contribution is 2.35. The summed E-state index contributed by atoms with van der Waals surface area (Å²) in [6.07, 6.45) is -1.02. The first kappa shape index (κ1) is 18.7. The lowest BCUT2D eigenvalue weighted by Gasteiger charge is -2.26. The van der Waals surface area contributed by atoms with E-state index in [4.69, 9.17) is 4.74 Å². The molecule has 1 saturated heterocycles. The van der Waals surface area contributed by atoms with Crippen molar-refractivity contribution in [3.63, 3.8) is 0 Å². The van der Waals surface area contributed by atoms with Crippen LogP contribution in [0.4, 0.5) is 19.0 Å². The molecule has 0 unspecified atom stereocenters. The molecule has 3 heterocycles. The number of hydrogen-bond acceptors (Lipinski definition) is 4. The van der Waals surface area contributed by atoms with Crippen LogP contribution in [0, 0.1) is 0 Å². The van der Waals surface area contributed by atoms with Crippen molar-refractivity contribution < 1.29 is 27.4 Å². The van der Waals surface area contributed by atoms with Gasteiger partial charge in [0.15, 0.2) is 5.78 Å². The van der Waals surface area contributed by atoms with Crippen molar-refractivity contribution in [1.82, 2.24) is 4.57 Å². The van der Waals surface area contributed by atoms with Crippen molar-refractivity contribution in [2.45, 2.75) is 38.1 Å². The molecule has 2 aliphatic heterocycles. The van der Waals surface area contributed by atoms with Gasteiger partial charge in [0.05, 0.1) is 12.0 Å². The van der Waals surface area contributed by atoms with Crippen LogP contribution in [-0.2, 0) is 11.2 Å². The fourth-order valence-electron chi connectivity index (χ4n) is 3.70. The highest BCUT2D eigenvalue weighted by molar-refractivity contribution is 6.15. The number of benzene rings is 1. The van der Waals surface area contributed by atoms with Crippen LogP contribution in [0.25, 0.3) is 0 Å². The van der Waals surface area contributed by atoms with Crippen LogP contribution in [0.1, 0.15) is 41.2 Å². The summed E-state index contributed by atoms with van der Waals surface area (Å²) in [5.41, 5.74) is 1.44. The van der Waals surface area contributed by atoms with Gasteiger partial charge in [0.1, 0.15) is 11.6 Å². The summed E-state index contributed by atoms with van der Waals surface area (Å²) in [4.78, 5) is 17.2. The molecule has 8 heteroatoms. The smallest absolute Gasteiger partial charge is 0.405 e. The lowest BCUT2D eigenvalue weighted by Crippen LogP contribution is -2.21. The van der Waals surface area contributed by atoms with Crippen LogP contribution in [0.3, 0.4) is 0 Å². The van der Waals surface area contributed by atoms with Gasteiger partial charge in [-0.15, -0.1) is 13.2 Å². The predicted octanol–water partition coefficient (Wildman–Crippen LogP) is 4.64. The molecule has 0 saturated carbocycles. The van der Waals surface area contributed by atoms with Gasteiger partial charge in [0.2, 0.25) is 0 Å². The van der Waals surface area contributed by atoms with Crippen molar-refractivity contribution in [3.05, 3.63) is 47.7 Å². The number of aromatic nitrogens is 1. The zero-order valence-corrected chi connectivity index (χ0v) is 15.0. The third-order valence-electron chi connectivity index (χ3n) is 4.99. The molecule has 0 aliphatic carbocycles. The van der Waals surface area contributed by atoms with Gasteiger partial charge in [-0.2, -0.15) is 0 Å². The maximum atomic E-state index is 12.7. The lowest BCUT2D eigenvalue weighted by molar-refractivity contribution is -0.274. The third-order valence-corrected chi connectivity index (χ3v) is 4.99. The number of carbonyl (C=O) groups is 1. The third kappa shape index (κ3) is 3.96. The monoisotopic (exact) mass is 392 g/mol. The number of ether oxygens (including phenoxy) is 2. The Hall–Kier alpha value is -2.61. The average Bonchev–Trinajstić information content (AvgIpc) is 3.07. The van der Waals surface area contributed by atoms with Crippen LogP contribution in [0.5, 0.6) is 5.75 Å². The second kappa shape index (κ2) is 7.43. The van der Waals surface area contributed by atoms with Crippen LogP contribution >= 0.6 is 0 Å². The quantitative estimate of drug-likeness (QED) is 0.762. The van der Waals surface area contributed by atoms with Gasteiger partial charge in [0.25, 0.3) is 0 Å². The summed E-state index contributed by atoms with van der Waals surface area (Å²) in [5, 5.41) is 0. The maximum Gasteiger partial charge on any atom is 0.573 e. The van der Waals surface area contributed by atoms with E-state index in [1.807, 2.05) is 10.8 Å². The molecule has 0 radical (unpaired) electrons. The van der Waals surface area contributed by atoms with E-state index in [-0.39, 0.29) is 30.4 Å². The number of aliphatic imine (C=N–C) groups is 1. The number of fused-ring (bicyclic) bond motifs is 1. The van der Waals surface area contributed by atoms with Gasteiger partial charge < -0.3 is 14.0 Å². The summed E-state index contributed by atoms with van der Waals surface area (Å²) >= 11 is 0. The molecule has 1 fully saturated rings. The largest absolute Gasteiger partial charge is 0.573 e. The topological polar surface area (TPSA) is 52.8 Å². The second-order valence-electron chi connectivity index (χ2n) is 6.91. The fraction of sp³-hybridized carbons (Fsp3) is 0.400. The van der Waals surface area contributed by atoms with Crippen molar-refractivity contribution in [2.75, 3.05) is 13.2 Å². The minimum absolute atomic E-state index is 0.0694. The molecule has 4 rings (SSSR count). The van der Waals surface area contributed by atoms with E-state index in [0.29, 0.717) is 35.9 Å². The Balaban J connectivity index is 1.63.